The maximum Gasteiger partial charge on any atom is 0.233 e. The molecule has 2 aromatic heterocycles. The van der Waals surface area contributed by atoms with Crippen LogP contribution in [0.4, 0.5) is 0 Å². The fraction of sp³-hybridized carbons (Fsp3) is 0.462. The monoisotopic (exact) mass is 308 g/mol. The SMILES string of the molecule is CC(Sc1nncn1C1CC1)C(=O)NCc1cccs1. The van der Waals surface area contributed by atoms with Crippen LogP contribution in [0.25, 0.3) is 0 Å². The molecule has 1 amide bonds. The van der Waals surface area contributed by atoms with Crippen molar-refractivity contribution in [2.24, 2.45) is 0 Å². The molecule has 0 aliphatic heterocycles. The summed E-state index contributed by atoms with van der Waals surface area (Å²) < 4.78 is 2.08. The van der Waals surface area contributed by atoms with Crippen molar-refractivity contribution in [1.82, 2.24) is 20.1 Å². The molecule has 0 aromatic carbocycles. The Morgan fingerprint density at radius 3 is 3.20 bits per heavy atom. The Balaban J connectivity index is 1.54. The van der Waals surface area contributed by atoms with Crippen LogP contribution in [0.2, 0.25) is 0 Å². The Morgan fingerprint density at radius 2 is 2.50 bits per heavy atom. The lowest BCUT2D eigenvalue weighted by molar-refractivity contribution is -0.120. The Labute approximate surface area is 125 Å². The van der Waals surface area contributed by atoms with E-state index >= 15 is 0 Å². The first-order chi connectivity index (χ1) is 9.74. The summed E-state index contributed by atoms with van der Waals surface area (Å²) in [4.78, 5) is 13.2. The number of carbonyl (C=O) groups excluding carboxylic acids is 1. The van der Waals surface area contributed by atoms with Gasteiger partial charge in [-0.25, -0.2) is 0 Å². The number of thiophene rings is 1. The molecule has 7 heteroatoms. The van der Waals surface area contributed by atoms with Gasteiger partial charge in [0.25, 0.3) is 0 Å². The Bertz CT molecular complexity index is 577. The lowest BCUT2D eigenvalue weighted by atomic mass is 10.4. The highest BCUT2D eigenvalue weighted by Gasteiger charge is 2.27. The molecular formula is C13H16N4OS2. The zero-order chi connectivity index (χ0) is 13.9. The van der Waals surface area contributed by atoms with E-state index in [2.05, 4.69) is 20.1 Å². The van der Waals surface area contributed by atoms with E-state index in [1.165, 1.54) is 24.6 Å². The maximum absolute atomic E-state index is 12.1. The molecule has 0 bridgehead atoms. The van der Waals surface area contributed by atoms with Gasteiger partial charge in [-0.05, 0) is 31.2 Å². The highest BCUT2D eigenvalue weighted by atomic mass is 32.2. The second-order valence-corrected chi connectivity index (χ2v) is 7.15. The normalized spacial score (nSPS) is 16.1. The van der Waals surface area contributed by atoms with Crippen molar-refractivity contribution in [2.75, 3.05) is 0 Å². The molecule has 1 aliphatic carbocycles. The lowest BCUT2D eigenvalue weighted by Crippen LogP contribution is -2.30. The first kappa shape index (κ1) is 13.6. The summed E-state index contributed by atoms with van der Waals surface area (Å²) in [6.45, 7) is 2.50. The van der Waals surface area contributed by atoms with E-state index in [1.807, 2.05) is 24.4 Å². The number of nitrogens with one attached hydrogen (secondary N) is 1. The molecule has 1 fully saturated rings. The lowest BCUT2D eigenvalue weighted by Gasteiger charge is -2.11. The van der Waals surface area contributed by atoms with Crippen LogP contribution < -0.4 is 5.32 Å². The molecule has 20 heavy (non-hydrogen) atoms. The van der Waals surface area contributed by atoms with Crippen molar-refractivity contribution in [3.8, 4) is 0 Å². The fourth-order valence-corrected chi connectivity index (χ4v) is 3.43. The van der Waals surface area contributed by atoms with E-state index in [0.29, 0.717) is 12.6 Å². The van der Waals surface area contributed by atoms with Gasteiger partial charge in [0, 0.05) is 10.9 Å². The molecule has 1 atom stereocenters. The number of nitrogens with zero attached hydrogens (tertiary/aromatic N) is 3. The van der Waals surface area contributed by atoms with Crippen LogP contribution in [0.15, 0.2) is 29.0 Å². The molecule has 1 saturated carbocycles. The summed E-state index contributed by atoms with van der Waals surface area (Å²) in [6, 6.07) is 4.54. The third-order valence-electron chi connectivity index (χ3n) is 3.15. The van der Waals surface area contributed by atoms with Crippen LogP contribution >= 0.6 is 23.1 Å². The van der Waals surface area contributed by atoms with Crippen molar-refractivity contribution in [3.63, 3.8) is 0 Å². The van der Waals surface area contributed by atoms with E-state index in [0.717, 1.165) is 10.0 Å². The van der Waals surface area contributed by atoms with Gasteiger partial charge in [-0.15, -0.1) is 21.5 Å². The third-order valence-corrected chi connectivity index (χ3v) is 5.10. The number of hydrogen-bond donors (Lipinski definition) is 1. The average Bonchev–Trinajstić information content (AvgIpc) is 2.97. The zero-order valence-corrected chi connectivity index (χ0v) is 12.8. The molecule has 2 aromatic rings. The minimum absolute atomic E-state index is 0.0359. The van der Waals surface area contributed by atoms with Gasteiger partial charge in [0.2, 0.25) is 5.91 Å². The van der Waals surface area contributed by atoms with Gasteiger partial charge in [-0.3, -0.25) is 4.79 Å². The molecule has 1 N–H and O–H groups in total. The van der Waals surface area contributed by atoms with E-state index < -0.39 is 0 Å². The molecule has 5 nitrogen and oxygen atoms in total. The highest BCUT2D eigenvalue weighted by molar-refractivity contribution is 8.00. The summed E-state index contributed by atoms with van der Waals surface area (Å²) in [5.74, 6) is 0.0359. The number of aromatic nitrogens is 3. The van der Waals surface area contributed by atoms with E-state index in [1.54, 1.807) is 17.7 Å². The van der Waals surface area contributed by atoms with Gasteiger partial charge >= 0.3 is 0 Å². The van der Waals surface area contributed by atoms with Crippen LogP contribution in [0.5, 0.6) is 0 Å². The van der Waals surface area contributed by atoms with Crippen LogP contribution in [0.3, 0.4) is 0 Å². The Kier molecular flexibility index (Phi) is 4.07. The first-order valence-electron chi connectivity index (χ1n) is 6.60. The van der Waals surface area contributed by atoms with Gasteiger partial charge in [0.1, 0.15) is 6.33 Å². The molecule has 0 radical (unpaired) electrons. The van der Waals surface area contributed by atoms with Gasteiger partial charge in [-0.2, -0.15) is 0 Å². The first-order valence-corrected chi connectivity index (χ1v) is 8.36. The molecule has 1 aliphatic rings. The van der Waals surface area contributed by atoms with Crippen molar-refractivity contribution >= 4 is 29.0 Å². The van der Waals surface area contributed by atoms with Gasteiger partial charge < -0.3 is 9.88 Å². The second-order valence-electron chi connectivity index (χ2n) is 4.81. The second kappa shape index (κ2) is 5.97. The number of thioether (sulfide) groups is 1. The van der Waals surface area contributed by atoms with Crippen LogP contribution in [-0.2, 0) is 11.3 Å². The third kappa shape index (κ3) is 3.21. The van der Waals surface area contributed by atoms with Crippen molar-refractivity contribution in [1.29, 1.82) is 0 Å². The topological polar surface area (TPSA) is 59.8 Å². The summed E-state index contributed by atoms with van der Waals surface area (Å²) in [7, 11) is 0. The molecule has 1 unspecified atom stereocenters. The smallest absolute Gasteiger partial charge is 0.233 e. The number of amides is 1. The zero-order valence-electron chi connectivity index (χ0n) is 11.2. The van der Waals surface area contributed by atoms with Crippen LogP contribution in [0.1, 0.15) is 30.7 Å². The molecule has 3 rings (SSSR count). The molecule has 2 heterocycles. The summed E-state index contributed by atoms with van der Waals surface area (Å²) in [5, 5.41) is 13.7. The number of rotatable bonds is 6. The van der Waals surface area contributed by atoms with Gasteiger partial charge in [-0.1, -0.05) is 17.8 Å². The Hall–Kier alpha value is -1.34. The molecule has 0 spiro atoms. The van der Waals surface area contributed by atoms with E-state index in [9.17, 15) is 4.79 Å². The van der Waals surface area contributed by atoms with Crippen LogP contribution in [-0.4, -0.2) is 25.9 Å². The summed E-state index contributed by atoms with van der Waals surface area (Å²) in [6.07, 6.45) is 4.13. The quantitative estimate of drug-likeness (QED) is 0.833. The maximum atomic E-state index is 12.1. The predicted octanol–water partition coefficient (Wildman–Crippen LogP) is 2.47. The molecule has 106 valence electrons. The summed E-state index contributed by atoms with van der Waals surface area (Å²) in [5.41, 5.74) is 0. The molecular weight excluding hydrogens is 292 g/mol. The predicted molar refractivity (Wildman–Crippen MR) is 79.8 cm³/mol. The van der Waals surface area contributed by atoms with Crippen molar-refractivity contribution in [3.05, 3.63) is 28.7 Å². The standard InChI is InChI=1S/C13H16N4OS2/c1-9(12(18)14-7-11-3-2-6-19-11)20-13-16-15-8-17(13)10-4-5-10/h2-3,6,8-10H,4-5,7H2,1H3,(H,14,18). The minimum Gasteiger partial charge on any atom is -0.350 e. The van der Waals surface area contributed by atoms with Gasteiger partial charge in [0.05, 0.1) is 11.8 Å². The van der Waals surface area contributed by atoms with Gasteiger partial charge in [0.15, 0.2) is 5.16 Å². The summed E-state index contributed by atoms with van der Waals surface area (Å²) >= 11 is 3.12. The fourth-order valence-electron chi connectivity index (χ4n) is 1.86. The van der Waals surface area contributed by atoms with E-state index in [4.69, 9.17) is 0 Å². The molecule has 0 saturated heterocycles. The highest BCUT2D eigenvalue weighted by Crippen LogP contribution is 2.37. The van der Waals surface area contributed by atoms with Crippen LogP contribution in [0, 0.1) is 0 Å². The number of carbonyl (C=O) groups is 1. The van der Waals surface area contributed by atoms with Crippen molar-refractivity contribution < 1.29 is 4.79 Å². The minimum atomic E-state index is -0.170. The average molecular weight is 308 g/mol. The van der Waals surface area contributed by atoms with Crippen molar-refractivity contribution in [2.45, 2.75) is 42.8 Å². The number of hydrogen-bond acceptors (Lipinski definition) is 5. The largest absolute Gasteiger partial charge is 0.350 e. The van der Waals surface area contributed by atoms with E-state index in [-0.39, 0.29) is 11.2 Å². The Morgan fingerprint density at radius 1 is 1.65 bits per heavy atom.